The monoisotopic (exact) mass is 454 g/mol. The molecule has 1 aliphatic heterocycles. The Bertz CT molecular complexity index is 976. The zero-order valence-corrected chi connectivity index (χ0v) is 18.0. The van der Waals surface area contributed by atoms with Gasteiger partial charge in [-0.2, -0.15) is 5.10 Å². The molecule has 1 fully saturated rings. The van der Waals surface area contributed by atoms with Crippen molar-refractivity contribution in [2.45, 2.75) is 25.6 Å². The Hall–Kier alpha value is -2.70. The van der Waals surface area contributed by atoms with E-state index in [9.17, 15) is 4.79 Å². The molecule has 1 N–H and O–H groups in total. The fourth-order valence-electron chi connectivity index (χ4n) is 3.06. The average molecular weight is 455 g/mol. The molecule has 1 aliphatic rings. The zero-order chi connectivity index (χ0) is 20.2. The van der Waals surface area contributed by atoms with Crippen molar-refractivity contribution in [1.82, 2.24) is 20.4 Å². The molecular weight excluding hydrogens is 431 g/mol. The van der Waals surface area contributed by atoms with E-state index in [0.717, 1.165) is 28.5 Å². The molecule has 0 aromatic carbocycles. The number of nitrogens with zero attached hydrogens (tertiary/aromatic N) is 5. The predicted molar refractivity (Wildman–Crippen MR) is 115 cm³/mol. The summed E-state index contributed by atoms with van der Waals surface area (Å²) in [5.74, 6) is 0.546. The molecule has 4 heterocycles. The number of rotatable bonds is 7. The van der Waals surface area contributed by atoms with Crippen LogP contribution in [0.5, 0.6) is 5.19 Å². The van der Waals surface area contributed by atoms with Crippen LogP contribution < -0.4 is 15.0 Å². The number of aryl methyl sites for hydroxylation is 1. The fraction of sp³-hybridized carbons (Fsp3) is 0.389. The van der Waals surface area contributed by atoms with Crippen LogP contribution in [-0.2, 0) is 9.53 Å². The molecular formula is C18H23FN6O3S2. The van der Waals surface area contributed by atoms with Gasteiger partial charge in [0.25, 0.3) is 11.1 Å². The SMILES string of the molecule is COC(C(=O)Nc1nnc(O[C@@H]2CCN(c3cccnn3)C2)s1)c1ccc(C)s1.F.[HH]. The van der Waals surface area contributed by atoms with E-state index < -0.39 is 6.10 Å². The first kappa shape index (κ1) is 22.0. The molecule has 1 amide bonds. The van der Waals surface area contributed by atoms with Gasteiger partial charge in [-0.25, -0.2) is 0 Å². The Kier molecular flexibility index (Phi) is 7.24. The summed E-state index contributed by atoms with van der Waals surface area (Å²) in [7, 11) is 1.51. The molecule has 9 nitrogen and oxygen atoms in total. The number of thiophene rings is 1. The summed E-state index contributed by atoms with van der Waals surface area (Å²) < 4.78 is 11.3. The first-order valence-corrected chi connectivity index (χ1v) is 10.7. The summed E-state index contributed by atoms with van der Waals surface area (Å²) >= 11 is 2.73. The molecule has 3 aromatic rings. The Morgan fingerprint density at radius 3 is 2.87 bits per heavy atom. The Labute approximate surface area is 181 Å². The van der Waals surface area contributed by atoms with E-state index in [1.807, 2.05) is 31.2 Å². The average Bonchev–Trinajstić information content (AvgIpc) is 3.46. The molecule has 1 unspecified atom stereocenters. The lowest BCUT2D eigenvalue weighted by molar-refractivity contribution is -0.125. The third kappa shape index (κ3) is 5.07. The predicted octanol–water partition coefficient (Wildman–Crippen LogP) is 3.08. The summed E-state index contributed by atoms with van der Waals surface area (Å²) in [6, 6.07) is 7.64. The standard InChI is InChI=1S/C18H20N6O3S2.FH.H2/c1-11-5-6-13(28-11)15(26-2)16(25)20-17-22-23-18(29-17)27-12-7-9-24(10-12)14-4-3-8-19-21-14;;/h3-6,8,12,15H,7,9-10H2,1-2H3,(H,20,22,25);2*1H/t12-,15?;;/m1../s1. The van der Waals surface area contributed by atoms with E-state index in [1.54, 1.807) is 6.20 Å². The van der Waals surface area contributed by atoms with E-state index in [-0.39, 0.29) is 18.1 Å². The molecule has 3 aromatic heterocycles. The second-order valence-corrected chi connectivity index (χ2v) is 8.74. The van der Waals surface area contributed by atoms with Gasteiger partial charge in [-0.15, -0.1) is 21.5 Å². The largest absolute Gasteiger partial charge is 0.464 e. The maximum absolute atomic E-state index is 12.6. The summed E-state index contributed by atoms with van der Waals surface area (Å²) in [6.07, 6.45) is 1.80. The number of nitrogens with one attached hydrogen (secondary N) is 1. The molecule has 0 aliphatic carbocycles. The van der Waals surface area contributed by atoms with Crippen LogP contribution in [0.15, 0.2) is 30.5 Å². The summed E-state index contributed by atoms with van der Waals surface area (Å²) in [4.78, 5) is 16.6. The molecule has 1 saturated heterocycles. The minimum atomic E-state index is -0.683. The third-order valence-corrected chi connectivity index (χ3v) is 6.20. The third-order valence-electron chi connectivity index (χ3n) is 4.42. The molecule has 30 heavy (non-hydrogen) atoms. The van der Waals surface area contributed by atoms with Crippen molar-refractivity contribution in [1.29, 1.82) is 0 Å². The van der Waals surface area contributed by atoms with E-state index in [0.29, 0.717) is 16.9 Å². The van der Waals surface area contributed by atoms with Crippen LogP contribution in [0.25, 0.3) is 0 Å². The number of hydrogen-bond acceptors (Lipinski definition) is 10. The highest BCUT2D eigenvalue weighted by Gasteiger charge is 2.27. The smallest absolute Gasteiger partial charge is 0.296 e. The second-order valence-electron chi connectivity index (χ2n) is 6.48. The van der Waals surface area contributed by atoms with Crippen molar-refractivity contribution in [2.75, 3.05) is 30.4 Å². The van der Waals surface area contributed by atoms with Crippen LogP contribution in [0, 0.1) is 6.92 Å². The van der Waals surface area contributed by atoms with Gasteiger partial charge >= 0.3 is 0 Å². The molecule has 2 atom stereocenters. The zero-order valence-electron chi connectivity index (χ0n) is 16.3. The second kappa shape index (κ2) is 9.87. The Balaban J connectivity index is 0.00000171. The van der Waals surface area contributed by atoms with Crippen LogP contribution in [-0.4, -0.2) is 52.6 Å². The van der Waals surface area contributed by atoms with Crippen LogP contribution in [0.2, 0.25) is 0 Å². The topological polar surface area (TPSA) is 102 Å². The van der Waals surface area contributed by atoms with E-state index >= 15 is 0 Å². The number of aromatic nitrogens is 4. The number of ether oxygens (including phenoxy) is 2. The molecule has 0 bridgehead atoms. The van der Waals surface area contributed by atoms with Crippen LogP contribution >= 0.6 is 22.7 Å². The van der Waals surface area contributed by atoms with Crippen LogP contribution in [0.3, 0.4) is 0 Å². The first-order chi connectivity index (χ1) is 14.1. The van der Waals surface area contributed by atoms with Crippen molar-refractivity contribution in [3.63, 3.8) is 0 Å². The Morgan fingerprint density at radius 1 is 1.30 bits per heavy atom. The van der Waals surface area contributed by atoms with E-state index in [1.165, 1.54) is 29.8 Å². The van der Waals surface area contributed by atoms with Crippen molar-refractivity contribution in [3.05, 3.63) is 40.2 Å². The van der Waals surface area contributed by atoms with Gasteiger partial charge in [-0.1, -0.05) is 5.10 Å². The van der Waals surface area contributed by atoms with Gasteiger partial charge in [-0.05, 0) is 42.5 Å². The molecule has 162 valence electrons. The minimum absolute atomic E-state index is 0. The quantitative estimate of drug-likeness (QED) is 0.581. The molecule has 0 saturated carbocycles. The summed E-state index contributed by atoms with van der Waals surface area (Å²) in [5, 5.41) is 19.7. The van der Waals surface area contributed by atoms with E-state index in [2.05, 4.69) is 30.6 Å². The van der Waals surface area contributed by atoms with Gasteiger partial charge in [-0.3, -0.25) is 14.8 Å². The highest BCUT2D eigenvalue weighted by molar-refractivity contribution is 7.17. The lowest BCUT2D eigenvalue weighted by atomic mass is 10.2. The molecule has 0 radical (unpaired) electrons. The van der Waals surface area contributed by atoms with Crippen molar-refractivity contribution >= 4 is 39.5 Å². The number of carbonyl (C=O) groups excluding carboxylic acids is 1. The highest BCUT2D eigenvalue weighted by Crippen LogP contribution is 2.29. The highest BCUT2D eigenvalue weighted by atomic mass is 32.1. The van der Waals surface area contributed by atoms with Gasteiger partial charge in [0.05, 0.1) is 6.54 Å². The number of methoxy groups -OCH3 is 1. The van der Waals surface area contributed by atoms with Gasteiger partial charge in [0.15, 0.2) is 11.9 Å². The molecule has 12 heteroatoms. The van der Waals surface area contributed by atoms with Crippen molar-refractivity contribution < 1.29 is 20.4 Å². The van der Waals surface area contributed by atoms with Crippen LogP contribution in [0.4, 0.5) is 15.7 Å². The summed E-state index contributed by atoms with van der Waals surface area (Å²) in [5.41, 5.74) is 0. The van der Waals surface area contributed by atoms with Gasteiger partial charge in [0, 0.05) is 37.5 Å². The van der Waals surface area contributed by atoms with Gasteiger partial charge in [0.2, 0.25) is 5.13 Å². The number of carbonyl (C=O) groups is 1. The maximum Gasteiger partial charge on any atom is 0.296 e. The lowest BCUT2D eigenvalue weighted by Gasteiger charge is -2.16. The summed E-state index contributed by atoms with van der Waals surface area (Å²) in [6.45, 7) is 3.52. The van der Waals surface area contributed by atoms with Gasteiger partial charge in [0.1, 0.15) is 6.10 Å². The Morgan fingerprint density at radius 2 is 2.17 bits per heavy atom. The van der Waals surface area contributed by atoms with Crippen molar-refractivity contribution in [3.8, 4) is 5.19 Å². The fourth-order valence-corrected chi connectivity index (χ4v) is 4.68. The number of hydrogen-bond donors (Lipinski definition) is 1. The maximum atomic E-state index is 12.6. The van der Waals surface area contributed by atoms with Crippen LogP contribution in [0.1, 0.15) is 23.7 Å². The normalized spacial score (nSPS) is 16.7. The number of anilines is 2. The molecule has 4 rings (SSSR count). The van der Waals surface area contributed by atoms with Gasteiger partial charge < -0.3 is 14.4 Å². The minimum Gasteiger partial charge on any atom is -0.464 e. The molecule has 0 spiro atoms. The van der Waals surface area contributed by atoms with E-state index in [4.69, 9.17) is 9.47 Å². The number of halogens is 1. The van der Waals surface area contributed by atoms with Crippen molar-refractivity contribution in [2.24, 2.45) is 0 Å². The lowest BCUT2D eigenvalue weighted by Crippen LogP contribution is -2.25. The first-order valence-electron chi connectivity index (χ1n) is 9.05. The number of amides is 1.